The molecule has 4 bridgehead atoms. The predicted octanol–water partition coefficient (Wildman–Crippen LogP) is 3.59. The molecular formula is C17H22O2S. The highest BCUT2D eigenvalue weighted by atomic mass is 32.2. The number of aryl methyl sites for hydroxylation is 1. The minimum Gasteiger partial charge on any atom is -0.223 e. The summed E-state index contributed by atoms with van der Waals surface area (Å²) in [6.45, 7) is 2.00. The highest BCUT2D eigenvalue weighted by Gasteiger charge is 2.53. The van der Waals surface area contributed by atoms with Crippen molar-refractivity contribution in [3.05, 3.63) is 29.8 Å². The molecule has 4 fully saturated rings. The van der Waals surface area contributed by atoms with Gasteiger partial charge in [0.2, 0.25) is 0 Å². The van der Waals surface area contributed by atoms with Gasteiger partial charge in [0.15, 0.2) is 9.84 Å². The highest BCUT2D eigenvalue weighted by molar-refractivity contribution is 7.92. The number of rotatable bonds is 2. The molecule has 20 heavy (non-hydrogen) atoms. The first kappa shape index (κ1) is 12.9. The third kappa shape index (κ3) is 1.86. The average Bonchev–Trinajstić information content (AvgIpc) is 2.37. The zero-order chi connectivity index (χ0) is 13.9. The molecule has 0 saturated heterocycles. The van der Waals surface area contributed by atoms with Crippen molar-refractivity contribution in [3.63, 3.8) is 0 Å². The average molecular weight is 290 g/mol. The van der Waals surface area contributed by atoms with Crippen LogP contribution in [0.4, 0.5) is 0 Å². The van der Waals surface area contributed by atoms with E-state index in [-0.39, 0.29) is 5.25 Å². The summed E-state index contributed by atoms with van der Waals surface area (Å²) in [5.41, 5.74) is 1.12. The van der Waals surface area contributed by atoms with Crippen LogP contribution >= 0.6 is 0 Å². The lowest BCUT2D eigenvalue weighted by molar-refractivity contribution is 0.0237. The van der Waals surface area contributed by atoms with Crippen molar-refractivity contribution in [1.29, 1.82) is 0 Å². The fourth-order valence-corrected chi connectivity index (χ4v) is 7.55. The lowest BCUT2D eigenvalue weighted by atomic mass is 9.56. The molecule has 0 N–H and O–H groups in total. The monoisotopic (exact) mass is 290 g/mol. The van der Waals surface area contributed by atoms with Crippen LogP contribution in [0.3, 0.4) is 0 Å². The first-order chi connectivity index (χ1) is 9.54. The van der Waals surface area contributed by atoms with E-state index in [9.17, 15) is 8.42 Å². The number of hydrogen-bond acceptors (Lipinski definition) is 2. The fraction of sp³-hybridized carbons (Fsp3) is 0.647. The van der Waals surface area contributed by atoms with Crippen molar-refractivity contribution in [1.82, 2.24) is 0 Å². The molecule has 0 amide bonds. The smallest absolute Gasteiger partial charge is 0.181 e. The minimum absolute atomic E-state index is 0.0991. The van der Waals surface area contributed by atoms with Crippen molar-refractivity contribution in [2.75, 3.05) is 0 Å². The van der Waals surface area contributed by atoms with Gasteiger partial charge in [0.05, 0.1) is 10.1 Å². The maximum absolute atomic E-state index is 13.0. The Kier molecular flexibility index (Phi) is 2.79. The Balaban J connectivity index is 1.71. The molecule has 0 unspecified atom stereocenters. The molecule has 2 nitrogen and oxygen atoms in total. The van der Waals surface area contributed by atoms with Gasteiger partial charge in [-0.25, -0.2) is 8.42 Å². The molecule has 0 aliphatic heterocycles. The molecule has 4 aliphatic carbocycles. The second kappa shape index (κ2) is 4.33. The van der Waals surface area contributed by atoms with Crippen LogP contribution in [0.25, 0.3) is 0 Å². The van der Waals surface area contributed by atoms with Crippen LogP contribution < -0.4 is 0 Å². The second-order valence-corrected chi connectivity index (χ2v) is 9.36. The van der Waals surface area contributed by atoms with Gasteiger partial charge in [0, 0.05) is 0 Å². The van der Waals surface area contributed by atoms with E-state index in [1.165, 1.54) is 6.42 Å². The van der Waals surface area contributed by atoms with Crippen molar-refractivity contribution in [3.8, 4) is 0 Å². The molecule has 0 aromatic heterocycles. The summed E-state index contributed by atoms with van der Waals surface area (Å²) >= 11 is 0. The SMILES string of the molecule is Cc1ccc(S(=O)(=O)C2C3CC4CC(C3)CC2C4)cc1. The summed E-state index contributed by atoms with van der Waals surface area (Å²) in [6, 6.07) is 7.44. The van der Waals surface area contributed by atoms with Gasteiger partial charge >= 0.3 is 0 Å². The standard InChI is InChI=1S/C17H22O2S/c1-11-2-4-16(5-3-11)20(18,19)17-14-7-12-6-13(9-14)10-15(17)8-12/h2-5,12-15,17H,6-10H2,1H3. The zero-order valence-corrected chi connectivity index (χ0v) is 12.8. The Morgan fingerprint density at radius 1 is 0.850 bits per heavy atom. The molecule has 0 atom stereocenters. The molecule has 108 valence electrons. The zero-order valence-electron chi connectivity index (χ0n) is 12.0. The van der Waals surface area contributed by atoms with Crippen LogP contribution in [0, 0.1) is 30.6 Å². The van der Waals surface area contributed by atoms with Crippen molar-refractivity contribution in [2.24, 2.45) is 23.7 Å². The van der Waals surface area contributed by atoms with E-state index in [1.807, 2.05) is 19.1 Å². The van der Waals surface area contributed by atoms with Crippen LogP contribution in [0.1, 0.15) is 37.7 Å². The first-order valence-corrected chi connectivity index (χ1v) is 9.39. The molecule has 3 heteroatoms. The lowest BCUT2D eigenvalue weighted by Crippen LogP contribution is -2.51. The van der Waals surface area contributed by atoms with Crippen LogP contribution in [-0.2, 0) is 9.84 Å². The van der Waals surface area contributed by atoms with Crippen LogP contribution in [0.2, 0.25) is 0 Å². The molecule has 0 heterocycles. The van der Waals surface area contributed by atoms with Crippen LogP contribution in [0.15, 0.2) is 29.2 Å². The van der Waals surface area contributed by atoms with E-state index in [1.54, 1.807) is 12.1 Å². The highest BCUT2D eigenvalue weighted by Crippen LogP contribution is 2.56. The minimum atomic E-state index is -3.14. The van der Waals surface area contributed by atoms with E-state index in [2.05, 4.69) is 0 Å². The summed E-state index contributed by atoms with van der Waals surface area (Å²) in [5, 5.41) is -0.0991. The third-order valence-corrected chi connectivity index (χ3v) is 8.26. The summed E-state index contributed by atoms with van der Waals surface area (Å²) in [4.78, 5) is 0.542. The molecule has 5 rings (SSSR count). The van der Waals surface area contributed by atoms with Gasteiger partial charge < -0.3 is 0 Å². The lowest BCUT2D eigenvalue weighted by Gasteiger charge is -2.53. The van der Waals surface area contributed by atoms with Crippen LogP contribution in [-0.4, -0.2) is 13.7 Å². The van der Waals surface area contributed by atoms with Gasteiger partial charge in [0.25, 0.3) is 0 Å². The number of sulfone groups is 1. The molecule has 0 radical (unpaired) electrons. The van der Waals surface area contributed by atoms with Crippen LogP contribution in [0.5, 0.6) is 0 Å². The summed E-state index contributed by atoms with van der Waals surface area (Å²) in [5.74, 6) is 2.50. The summed E-state index contributed by atoms with van der Waals surface area (Å²) < 4.78 is 26.1. The molecule has 4 aliphatic rings. The third-order valence-electron chi connectivity index (χ3n) is 5.85. The van der Waals surface area contributed by atoms with Gasteiger partial charge in [-0.05, 0) is 74.8 Å². The number of hydrogen-bond donors (Lipinski definition) is 0. The number of benzene rings is 1. The fourth-order valence-electron chi connectivity index (χ4n) is 5.27. The van der Waals surface area contributed by atoms with Gasteiger partial charge in [-0.15, -0.1) is 0 Å². The van der Waals surface area contributed by atoms with Crippen molar-refractivity contribution < 1.29 is 8.42 Å². The Morgan fingerprint density at radius 3 is 1.85 bits per heavy atom. The molecule has 1 aromatic rings. The van der Waals surface area contributed by atoms with E-state index in [0.29, 0.717) is 16.7 Å². The molecule has 4 saturated carbocycles. The van der Waals surface area contributed by atoms with Gasteiger partial charge in [-0.2, -0.15) is 0 Å². The largest absolute Gasteiger partial charge is 0.223 e. The Morgan fingerprint density at radius 2 is 1.35 bits per heavy atom. The van der Waals surface area contributed by atoms with E-state index in [4.69, 9.17) is 0 Å². The summed E-state index contributed by atoms with van der Waals surface area (Å²) in [6.07, 6.45) is 5.99. The van der Waals surface area contributed by atoms with E-state index >= 15 is 0 Å². The van der Waals surface area contributed by atoms with Gasteiger partial charge in [-0.1, -0.05) is 17.7 Å². The maximum Gasteiger partial charge on any atom is 0.181 e. The summed E-state index contributed by atoms with van der Waals surface area (Å²) in [7, 11) is -3.14. The predicted molar refractivity (Wildman–Crippen MR) is 79.2 cm³/mol. The first-order valence-electron chi connectivity index (χ1n) is 7.84. The van der Waals surface area contributed by atoms with E-state index in [0.717, 1.165) is 43.1 Å². The maximum atomic E-state index is 13.0. The quantitative estimate of drug-likeness (QED) is 0.834. The molecular weight excluding hydrogens is 268 g/mol. The Bertz CT molecular complexity index is 587. The molecule has 0 spiro atoms. The molecule has 1 aromatic carbocycles. The van der Waals surface area contributed by atoms with Crippen molar-refractivity contribution >= 4 is 9.84 Å². The van der Waals surface area contributed by atoms with Gasteiger partial charge in [-0.3, -0.25) is 0 Å². The topological polar surface area (TPSA) is 34.1 Å². The van der Waals surface area contributed by atoms with Gasteiger partial charge in [0.1, 0.15) is 0 Å². The Hall–Kier alpha value is -0.830. The van der Waals surface area contributed by atoms with Crippen molar-refractivity contribution in [2.45, 2.75) is 49.2 Å². The second-order valence-electron chi connectivity index (χ2n) is 7.25. The Labute approximate surface area is 121 Å². The normalized spacial score (nSPS) is 39.1. The van der Waals surface area contributed by atoms with E-state index < -0.39 is 9.84 Å².